The zero-order valence-corrected chi connectivity index (χ0v) is 13.2. The Hall–Kier alpha value is 0.140. The lowest BCUT2D eigenvalue weighted by molar-refractivity contribution is 0.258. The predicted octanol–water partition coefficient (Wildman–Crippen LogP) is 4.47. The molecule has 1 heterocycles. The van der Waals surface area contributed by atoms with Gasteiger partial charge in [0.1, 0.15) is 0 Å². The second-order valence-corrected chi connectivity index (χ2v) is 7.33. The average Bonchev–Trinajstić information content (AvgIpc) is 3.07. The highest BCUT2D eigenvalue weighted by Gasteiger charge is 2.41. The summed E-state index contributed by atoms with van der Waals surface area (Å²) in [6.45, 7) is 7.00. The fourth-order valence-electron chi connectivity index (χ4n) is 2.50. The molecular formula is C14H22BrNS. The summed E-state index contributed by atoms with van der Waals surface area (Å²) >= 11 is 5.55. The molecule has 1 aliphatic rings. The number of rotatable bonds is 7. The second kappa shape index (κ2) is 5.85. The Kier molecular flexibility index (Phi) is 4.67. The zero-order chi connectivity index (χ0) is 12.3. The molecule has 1 fully saturated rings. The van der Waals surface area contributed by atoms with Crippen LogP contribution in [0.5, 0.6) is 0 Å². The molecule has 0 bridgehead atoms. The minimum atomic E-state index is 0.447. The molecule has 0 aliphatic heterocycles. The number of halogens is 1. The van der Waals surface area contributed by atoms with Gasteiger partial charge in [-0.25, -0.2) is 0 Å². The Morgan fingerprint density at radius 2 is 2.29 bits per heavy atom. The maximum absolute atomic E-state index is 3.66. The van der Waals surface area contributed by atoms with E-state index in [1.165, 1.54) is 35.0 Å². The van der Waals surface area contributed by atoms with Gasteiger partial charge in [0.15, 0.2) is 0 Å². The van der Waals surface area contributed by atoms with E-state index in [-0.39, 0.29) is 0 Å². The first-order chi connectivity index (χ1) is 8.15. The van der Waals surface area contributed by atoms with Crippen LogP contribution in [0.3, 0.4) is 0 Å². The number of nitrogens with one attached hydrogen (secondary N) is 1. The maximum Gasteiger partial charge on any atom is 0.0314 e. The molecule has 1 aromatic heterocycles. The van der Waals surface area contributed by atoms with E-state index < -0.39 is 0 Å². The van der Waals surface area contributed by atoms with Crippen LogP contribution in [0.4, 0.5) is 0 Å². The summed E-state index contributed by atoms with van der Waals surface area (Å²) in [5.74, 6) is 0.931. The van der Waals surface area contributed by atoms with E-state index in [0.29, 0.717) is 5.41 Å². The number of hydrogen-bond donors (Lipinski definition) is 1. The van der Waals surface area contributed by atoms with Gasteiger partial charge >= 0.3 is 0 Å². The highest BCUT2D eigenvalue weighted by molar-refractivity contribution is 9.10. The van der Waals surface area contributed by atoms with Gasteiger partial charge in [-0.3, -0.25) is 0 Å². The molecule has 1 saturated carbocycles. The van der Waals surface area contributed by atoms with Crippen molar-refractivity contribution < 1.29 is 0 Å². The lowest BCUT2D eigenvalue weighted by atomic mass is 9.81. The van der Waals surface area contributed by atoms with Crippen molar-refractivity contribution in [2.75, 3.05) is 13.1 Å². The van der Waals surface area contributed by atoms with Crippen molar-refractivity contribution in [3.05, 3.63) is 20.8 Å². The Bertz CT molecular complexity index is 359. The summed E-state index contributed by atoms with van der Waals surface area (Å²) in [6.07, 6.45) is 5.29. The maximum atomic E-state index is 3.66. The van der Waals surface area contributed by atoms with E-state index in [1.807, 2.05) is 11.3 Å². The molecule has 1 unspecified atom stereocenters. The van der Waals surface area contributed by atoms with E-state index in [4.69, 9.17) is 0 Å². The third kappa shape index (κ3) is 3.55. The molecule has 96 valence electrons. The van der Waals surface area contributed by atoms with Crippen molar-refractivity contribution >= 4 is 27.3 Å². The van der Waals surface area contributed by atoms with Gasteiger partial charge < -0.3 is 5.32 Å². The lowest BCUT2D eigenvalue weighted by Gasteiger charge is -2.30. The van der Waals surface area contributed by atoms with Crippen LogP contribution in [0, 0.1) is 11.3 Å². The molecule has 0 amide bonds. The molecule has 1 aromatic rings. The van der Waals surface area contributed by atoms with Crippen LogP contribution in [0.2, 0.25) is 0 Å². The largest absolute Gasteiger partial charge is 0.316 e. The van der Waals surface area contributed by atoms with Gasteiger partial charge in [-0.1, -0.05) is 13.8 Å². The third-order valence-electron chi connectivity index (χ3n) is 3.77. The van der Waals surface area contributed by atoms with Gasteiger partial charge in [-0.2, -0.15) is 0 Å². The highest BCUT2D eigenvalue weighted by Crippen LogP contribution is 2.48. The van der Waals surface area contributed by atoms with E-state index in [9.17, 15) is 0 Å². The first-order valence-corrected chi connectivity index (χ1v) is 8.25. The summed E-state index contributed by atoms with van der Waals surface area (Å²) in [5, 5.41) is 5.80. The van der Waals surface area contributed by atoms with Gasteiger partial charge in [-0.15, -0.1) is 11.3 Å². The van der Waals surface area contributed by atoms with Crippen molar-refractivity contribution in [2.45, 2.75) is 39.5 Å². The molecule has 2 rings (SSSR count). The monoisotopic (exact) mass is 315 g/mol. The molecule has 1 nitrogen and oxygen atoms in total. The Morgan fingerprint density at radius 1 is 1.53 bits per heavy atom. The SMILES string of the molecule is CCCNCC(C)(Cc1sccc1Br)C1CC1. The molecule has 0 saturated heterocycles. The summed E-state index contributed by atoms with van der Waals surface area (Å²) in [7, 11) is 0. The first-order valence-electron chi connectivity index (χ1n) is 6.58. The standard InChI is InChI=1S/C14H22BrNS/c1-3-7-16-10-14(2,11-4-5-11)9-13-12(15)6-8-17-13/h6,8,11,16H,3-5,7,9-10H2,1-2H3. The zero-order valence-electron chi connectivity index (χ0n) is 10.8. The topological polar surface area (TPSA) is 12.0 Å². The smallest absolute Gasteiger partial charge is 0.0314 e. The fourth-order valence-corrected chi connectivity index (χ4v) is 4.19. The molecule has 0 radical (unpaired) electrons. The minimum Gasteiger partial charge on any atom is -0.316 e. The van der Waals surface area contributed by atoms with Crippen LogP contribution in [-0.2, 0) is 6.42 Å². The van der Waals surface area contributed by atoms with Crippen LogP contribution < -0.4 is 5.32 Å². The van der Waals surface area contributed by atoms with Crippen LogP contribution in [0.15, 0.2) is 15.9 Å². The van der Waals surface area contributed by atoms with E-state index >= 15 is 0 Å². The van der Waals surface area contributed by atoms with E-state index in [0.717, 1.165) is 19.0 Å². The van der Waals surface area contributed by atoms with Crippen LogP contribution in [0.1, 0.15) is 38.0 Å². The lowest BCUT2D eigenvalue weighted by Crippen LogP contribution is -2.35. The number of hydrogen-bond acceptors (Lipinski definition) is 2. The number of thiophene rings is 1. The van der Waals surface area contributed by atoms with Crippen molar-refractivity contribution in [3.8, 4) is 0 Å². The molecule has 1 atom stereocenters. The van der Waals surface area contributed by atoms with Crippen molar-refractivity contribution in [3.63, 3.8) is 0 Å². The van der Waals surface area contributed by atoms with Crippen molar-refractivity contribution in [1.29, 1.82) is 0 Å². The molecule has 3 heteroatoms. The summed E-state index contributed by atoms with van der Waals surface area (Å²) in [5.41, 5.74) is 0.447. The second-order valence-electron chi connectivity index (χ2n) is 5.47. The Morgan fingerprint density at radius 3 is 2.82 bits per heavy atom. The first kappa shape index (κ1) is 13.6. The van der Waals surface area contributed by atoms with Gasteiger partial charge in [0.05, 0.1) is 0 Å². The quantitative estimate of drug-likeness (QED) is 0.732. The van der Waals surface area contributed by atoms with Crippen LogP contribution in [-0.4, -0.2) is 13.1 Å². The van der Waals surface area contributed by atoms with Gasteiger partial charge in [0.25, 0.3) is 0 Å². The molecule has 0 spiro atoms. The minimum absolute atomic E-state index is 0.447. The van der Waals surface area contributed by atoms with Crippen LogP contribution in [0.25, 0.3) is 0 Å². The van der Waals surface area contributed by atoms with E-state index in [1.54, 1.807) is 0 Å². The summed E-state index contributed by atoms with van der Waals surface area (Å²) in [6, 6.07) is 2.17. The normalized spacial score (nSPS) is 19.2. The summed E-state index contributed by atoms with van der Waals surface area (Å²) < 4.78 is 1.30. The van der Waals surface area contributed by atoms with Gasteiger partial charge in [0.2, 0.25) is 0 Å². The molecule has 1 N–H and O–H groups in total. The predicted molar refractivity (Wildman–Crippen MR) is 79.7 cm³/mol. The molecule has 17 heavy (non-hydrogen) atoms. The average molecular weight is 316 g/mol. The fraction of sp³-hybridized carbons (Fsp3) is 0.714. The Balaban J connectivity index is 1.98. The molecular weight excluding hydrogens is 294 g/mol. The molecule has 0 aromatic carbocycles. The van der Waals surface area contributed by atoms with Crippen molar-refractivity contribution in [1.82, 2.24) is 5.32 Å². The van der Waals surface area contributed by atoms with Gasteiger partial charge in [0, 0.05) is 15.9 Å². The summed E-state index contributed by atoms with van der Waals surface area (Å²) in [4.78, 5) is 1.51. The molecule has 1 aliphatic carbocycles. The van der Waals surface area contributed by atoms with Gasteiger partial charge in [-0.05, 0) is 70.9 Å². The Labute approximate surface area is 117 Å². The third-order valence-corrected chi connectivity index (χ3v) is 5.70. The van der Waals surface area contributed by atoms with Crippen molar-refractivity contribution in [2.24, 2.45) is 11.3 Å². The van der Waals surface area contributed by atoms with E-state index in [2.05, 4.69) is 46.5 Å². The van der Waals surface area contributed by atoms with Crippen LogP contribution >= 0.6 is 27.3 Å². The highest BCUT2D eigenvalue weighted by atomic mass is 79.9.